The van der Waals surface area contributed by atoms with E-state index < -0.39 is 0 Å². The molecule has 0 bridgehead atoms. The summed E-state index contributed by atoms with van der Waals surface area (Å²) in [5, 5.41) is 14.2. The molecule has 7 heteroatoms. The van der Waals surface area contributed by atoms with E-state index in [1.165, 1.54) is 6.07 Å². The number of hydrogen-bond acceptors (Lipinski definition) is 4. The van der Waals surface area contributed by atoms with E-state index in [-0.39, 0.29) is 10.6 Å². The van der Waals surface area contributed by atoms with Gasteiger partial charge >= 0.3 is 0 Å². The lowest BCUT2D eigenvalue weighted by atomic mass is 10.2. The summed E-state index contributed by atoms with van der Waals surface area (Å²) in [6, 6.07) is 6.70. The molecule has 1 aromatic carbocycles. The van der Waals surface area contributed by atoms with Crippen molar-refractivity contribution in [2.75, 3.05) is 39.8 Å². The van der Waals surface area contributed by atoms with Gasteiger partial charge in [-0.25, -0.2) is 0 Å². The number of guanidine groups is 1. The molecule has 1 N–H and O–H groups in total. The lowest BCUT2D eigenvalue weighted by Gasteiger charge is -2.37. The summed E-state index contributed by atoms with van der Waals surface area (Å²) in [7, 11) is 1.77. The largest absolute Gasteiger partial charge is 0.352 e. The van der Waals surface area contributed by atoms with Gasteiger partial charge in [0.15, 0.2) is 5.96 Å². The molecule has 0 spiro atoms. The highest BCUT2D eigenvalue weighted by Gasteiger charge is 2.19. The highest BCUT2D eigenvalue weighted by molar-refractivity contribution is 5.80. The maximum Gasteiger partial charge on any atom is 0.269 e. The van der Waals surface area contributed by atoms with Crippen LogP contribution >= 0.6 is 0 Å². The van der Waals surface area contributed by atoms with Gasteiger partial charge in [-0.2, -0.15) is 0 Å². The number of nitro benzene ring substituents is 1. The van der Waals surface area contributed by atoms with Crippen LogP contribution in [0.2, 0.25) is 0 Å². The lowest BCUT2D eigenvalue weighted by molar-refractivity contribution is -0.384. The molecule has 2 rings (SSSR count). The van der Waals surface area contributed by atoms with Crippen LogP contribution in [-0.4, -0.2) is 60.5 Å². The van der Waals surface area contributed by atoms with E-state index in [4.69, 9.17) is 0 Å². The van der Waals surface area contributed by atoms with Crippen LogP contribution in [-0.2, 0) is 6.54 Å². The molecule has 0 radical (unpaired) electrons. The van der Waals surface area contributed by atoms with Crippen LogP contribution in [0.3, 0.4) is 0 Å². The Kier molecular flexibility index (Phi) is 6.54. The predicted octanol–water partition coefficient (Wildman–Crippen LogP) is 1.94. The van der Waals surface area contributed by atoms with Crippen molar-refractivity contribution in [3.8, 4) is 0 Å². The minimum Gasteiger partial charge on any atom is -0.352 e. The monoisotopic (exact) mass is 333 g/mol. The van der Waals surface area contributed by atoms with Gasteiger partial charge in [-0.3, -0.25) is 20.0 Å². The Balaban J connectivity index is 1.87. The van der Waals surface area contributed by atoms with Gasteiger partial charge in [-0.1, -0.05) is 26.0 Å². The maximum atomic E-state index is 10.9. The van der Waals surface area contributed by atoms with Gasteiger partial charge in [-0.15, -0.1) is 0 Å². The number of hydrogen-bond donors (Lipinski definition) is 1. The molecule has 24 heavy (non-hydrogen) atoms. The number of nitro groups is 1. The second-order valence-corrected chi connectivity index (χ2v) is 6.51. The second-order valence-electron chi connectivity index (χ2n) is 6.51. The van der Waals surface area contributed by atoms with E-state index in [2.05, 4.69) is 34.0 Å². The van der Waals surface area contributed by atoms with Crippen LogP contribution in [0.4, 0.5) is 5.69 Å². The summed E-state index contributed by atoms with van der Waals surface area (Å²) in [5.41, 5.74) is 0.996. The van der Waals surface area contributed by atoms with Crippen molar-refractivity contribution in [2.45, 2.75) is 20.4 Å². The smallest absolute Gasteiger partial charge is 0.269 e. The summed E-state index contributed by atoms with van der Waals surface area (Å²) in [5.74, 6) is 1.54. The molecule has 1 heterocycles. The molecule has 1 aromatic rings. The summed E-state index contributed by atoms with van der Waals surface area (Å²) >= 11 is 0. The van der Waals surface area contributed by atoms with E-state index in [0.29, 0.717) is 12.5 Å². The van der Waals surface area contributed by atoms with Gasteiger partial charge in [0.05, 0.1) is 4.92 Å². The standard InChI is InChI=1S/C17H27N5O2/c1-14(2)13-20-7-9-21(10-8-20)17(18-3)19-12-15-5-4-6-16(11-15)22(23)24/h4-6,11,14H,7-10,12-13H2,1-3H3,(H,18,19). The Morgan fingerprint density at radius 2 is 2.04 bits per heavy atom. The Morgan fingerprint density at radius 3 is 2.62 bits per heavy atom. The fraction of sp³-hybridized carbons (Fsp3) is 0.588. The molecular weight excluding hydrogens is 306 g/mol. The van der Waals surface area contributed by atoms with Crippen molar-refractivity contribution in [3.05, 3.63) is 39.9 Å². The second kappa shape index (κ2) is 8.63. The third-order valence-electron chi connectivity index (χ3n) is 4.08. The van der Waals surface area contributed by atoms with Crippen molar-refractivity contribution in [3.63, 3.8) is 0 Å². The molecule has 1 aliphatic rings. The van der Waals surface area contributed by atoms with Gasteiger partial charge in [0.1, 0.15) is 0 Å². The van der Waals surface area contributed by atoms with Crippen LogP contribution in [0.25, 0.3) is 0 Å². The molecule has 7 nitrogen and oxygen atoms in total. The average Bonchev–Trinajstić information content (AvgIpc) is 2.56. The fourth-order valence-electron chi connectivity index (χ4n) is 2.95. The Hall–Kier alpha value is -2.15. The minimum atomic E-state index is -0.369. The fourth-order valence-corrected chi connectivity index (χ4v) is 2.95. The molecule has 0 amide bonds. The van der Waals surface area contributed by atoms with Crippen LogP contribution < -0.4 is 5.32 Å². The molecule has 1 saturated heterocycles. The number of nitrogens with zero attached hydrogens (tertiary/aromatic N) is 4. The van der Waals surface area contributed by atoms with E-state index in [1.807, 2.05) is 6.07 Å². The Morgan fingerprint density at radius 1 is 1.33 bits per heavy atom. The van der Waals surface area contributed by atoms with E-state index >= 15 is 0 Å². The molecule has 1 aliphatic heterocycles. The number of non-ortho nitro benzene ring substituents is 1. The molecule has 0 atom stereocenters. The van der Waals surface area contributed by atoms with Gasteiger partial charge in [0.25, 0.3) is 5.69 Å². The van der Waals surface area contributed by atoms with E-state index in [1.54, 1.807) is 19.2 Å². The quantitative estimate of drug-likeness (QED) is 0.386. The van der Waals surface area contributed by atoms with Gasteiger partial charge in [-0.05, 0) is 11.5 Å². The molecule has 0 unspecified atom stereocenters. The van der Waals surface area contributed by atoms with E-state index in [9.17, 15) is 10.1 Å². The zero-order chi connectivity index (χ0) is 17.5. The molecular formula is C17H27N5O2. The summed E-state index contributed by atoms with van der Waals surface area (Å²) < 4.78 is 0. The predicted molar refractivity (Wildman–Crippen MR) is 96.1 cm³/mol. The van der Waals surface area contributed by atoms with Crippen LogP contribution in [0.5, 0.6) is 0 Å². The topological polar surface area (TPSA) is 74.0 Å². The zero-order valence-corrected chi connectivity index (χ0v) is 14.7. The average molecular weight is 333 g/mol. The van der Waals surface area contributed by atoms with Crippen molar-refractivity contribution in [2.24, 2.45) is 10.9 Å². The maximum absolute atomic E-state index is 10.9. The molecule has 0 aliphatic carbocycles. The Labute approximate surface area is 143 Å². The summed E-state index contributed by atoms with van der Waals surface area (Å²) in [6.45, 7) is 10.1. The van der Waals surface area contributed by atoms with Gasteiger partial charge in [0.2, 0.25) is 0 Å². The molecule has 132 valence electrons. The van der Waals surface area contributed by atoms with Crippen molar-refractivity contribution >= 4 is 11.6 Å². The lowest BCUT2D eigenvalue weighted by Crippen LogP contribution is -2.52. The Bertz CT molecular complexity index is 580. The highest BCUT2D eigenvalue weighted by atomic mass is 16.6. The van der Waals surface area contributed by atoms with Crippen molar-refractivity contribution in [1.82, 2.24) is 15.1 Å². The van der Waals surface area contributed by atoms with Crippen LogP contribution in [0, 0.1) is 16.0 Å². The first-order valence-corrected chi connectivity index (χ1v) is 8.41. The van der Waals surface area contributed by atoms with Gasteiger partial charge in [0, 0.05) is 58.4 Å². The first-order valence-electron chi connectivity index (χ1n) is 8.41. The minimum absolute atomic E-state index is 0.117. The number of aliphatic imine (C=N–C) groups is 1. The van der Waals surface area contributed by atoms with E-state index in [0.717, 1.165) is 44.2 Å². The summed E-state index contributed by atoms with van der Waals surface area (Å²) in [6.07, 6.45) is 0. The third kappa shape index (κ3) is 5.19. The number of benzene rings is 1. The molecule has 0 saturated carbocycles. The number of nitrogens with one attached hydrogen (secondary N) is 1. The zero-order valence-electron chi connectivity index (χ0n) is 14.7. The van der Waals surface area contributed by atoms with Crippen LogP contribution in [0.1, 0.15) is 19.4 Å². The van der Waals surface area contributed by atoms with Crippen molar-refractivity contribution < 1.29 is 4.92 Å². The first kappa shape index (κ1) is 18.2. The molecule has 0 aromatic heterocycles. The van der Waals surface area contributed by atoms with Gasteiger partial charge < -0.3 is 10.2 Å². The number of piperazine rings is 1. The third-order valence-corrected chi connectivity index (χ3v) is 4.08. The highest BCUT2D eigenvalue weighted by Crippen LogP contribution is 2.13. The summed E-state index contributed by atoms with van der Waals surface area (Å²) in [4.78, 5) is 19.6. The SMILES string of the molecule is CN=C(NCc1cccc([N+](=O)[O-])c1)N1CCN(CC(C)C)CC1. The number of rotatable bonds is 5. The van der Waals surface area contributed by atoms with Crippen molar-refractivity contribution in [1.29, 1.82) is 0 Å². The first-order chi connectivity index (χ1) is 11.5. The normalized spacial score (nSPS) is 16.5. The van der Waals surface area contributed by atoms with Crippen LogP contribution in [0.15, 0.2) is 29.3 Å². The molecule has 1 fully saturated rings.